The van der Waals surface area contributed by atoms with Crippen LogP contribution in [0.3, 0.4) is 0 Å². The molecule has 62 heavy (non-hydrogen) atoms. The molecule has 0 spiro atoms. The molecule has 318 valence electrons. The van der Waals surface area contributed by atoms with Gasteiger partial charge in [0, 0.05) is 0 Å². The summed E-state index contributed by atoms with van der Waals surface area (Å²) in [4.78, 5) is 0. The van der Waals surface area contributed by atoms with Crippen molar-refractivity contribution in [2.75, 3.05) is 0 Å². The van der Waals surface area contributed by atoms with E-state index in [4.69, 9.17) is 0 Å². The van der Waals surface area contributed by atoms with Crippen LogP contribution in [-0.2, 0) is 25.2 Å². The molecule has 0 fully saturated rings. The van der Waals surface area contributed by atoms with Gasteiger partial charge in [0.25, 0.3) is 0 Å². The monoisotopic (exact) mass is 850 g/mol. The zero-order chi connectivity index (χ0) is 42.7. The standard InChI is InChI=1S/C60H68P2/c1-3-5-7-9-11-19-33-51-47-54(50-62(58-41-27-16-28-42-58,59-43-29-17-30-44-59)60-45-31-18-32-46-60)52(34-20-12-10-8-6-4-2)48-53(51)49-61(55-35-21-13-22-36-55,56-37-23-14-24-38-56)57-39-25-15-26-40-57/h3-6,13-18,21-32,35-48,61-62H,7-12,19-20,33-34,49-50H2,1-2H3/b5-3+,6-4+. The second-order valence-electron chi connectivity index (χ2n) is 17.1. The second kappa shape index (κ2) is 23.4. The number of rotatable bonds is 22. The predicted octanol–water partition coefficient (Wildman–Crippen LogP) is 13.5. The fraction of sp³-hybridized carbons (Fsp3) is 0.233. The van der Waals surface area contributed by atoms with Gasteiger partial charge in [0.2, 0.25) is 0 Å². The molecule has 0 nitrogen and oxygen atoms in total. The first kappa shape index (κ1) is 44.9. The van der Waals surface area contributed by atoms with Gasteiger partial charge in [-0.1, -0.05) is 0 Å². The average Bonchev–Trinajstić information content (AvgIpc) is 3.34. The molecule has 0 amide bonds. The third kappa shape index (κ3) is 10.9. The van der Waals surface area contributed by atoms with Crippen molar-refractivity contribution in [3.8, 4) is 0 Å². The fourth-order valence-electron chi connectivity index (χ4n) is 9.95. The Kier molecular flexibility index (Phi) is 16.9. The van der Waals surface area contributed by atoms with E-state index in [0.717, 1.165) is 38.0 Å². The molecule has 0 bridgehead atoms. The summed E-state index contributed by atoms with van der Waals surface area (Å²) in [5, 5.41) is 8.88. The maximum atomic E-state index is 2.74. The number of hydrogen-bond donors (Lipinski definition) is 0. The van der Waals surface area contributed by atoms with Crippen LogP contribution in [0, 0.1) is 0 Å². The Labute approximate surface area is 375 Å². The SMILES string of the molecule is C/C=C/CCCCCc1cc(C[PH](c2ccccc2)(c2ccccc2)c2ccccc2)c(CCCCC/C=C/C)cc1C[PH](c1ccccc1)(c1ccccc1)c1ccccc1. The van der Waals surface area contributed by atoms with Crippen molar-refractivity contribution in [3.63, 3.8) is 0 Å². The first-order valence-corrected chi connectivity index (χ1v) is 27.8. The predicted molar refractivity (Wildman–Crippen MR) is 281 cm³/mol. The number of hydrogen-bond acceptors (Lipinski definition) is 0. The molecule has 7 rings (SSSR count). The van der Waals surface area contributed by atoms with E-state index in [1.54, 1.807) is 22.3 Å². The molecule has 0 heterocycles. The van der Waals surface area contributed by atoms with Gasteiger partial charge in [-0.05, 0) is 0 Å². The summed E-state index contributed by atoms with van der Waals surface area (Å²) in [5.74, 6) is 0. The number of aryl methyl sites for hydroxylation is 2. The van der Waals surface area contributed by atoms with Crippen molar-refractivity contribution < 1.29 is 0 Å². The average molecular weight is 851 g/mol. The van der Waals surface area contributed by atoms with Crippen LogP contribution < -0.4 is 31.8 Å². The van der Waals surface area contributed by atoms with Crippen molar-refractivity contribution >= 4 is 46.4 Å². The molecule has 2 heteroatoms. The first-order chi connectivity index (χ1) is 30.7. The molecule has 0 N–H and O–H groups in total. The molecular formula is C60H68P2. The summed E-state index contributed by atoms with van der Waals surface area (Å²) in [6, 6.07) is 74.8. The van der Waals surface area contributed by atoms with E-state index in [-0.39, 0.29) is 0 Å². The van der Waals surface area contributed by atoms with Crippen molar-refractivity contribution in [2.45, 2.75) is 90.4 Å². The normalized spacial score (nSPS) is 12.5. The van der Waals surface area contributed by atoms with E-state index in [9.17, 15) is 0 Å². The number of unbranched alkanes of at least 4 members (excludes halogenated alkanes) is 6. The third-order valence-corrected chi connectivity index (χ3v) is 22.9. The van der Waals surface area contributed by atoms with Gasteiger partial charge in [0.05, 0.1) is 0 Å². The Morgan fingerprint density at radius 3 is 0.806 bits per heavy atom. The van der Waals surface area contributed by atoms with Gasteiger partial charge in [0.15, 0.2) is 0 Å². The minimum atomic E-state index is -2.57. The molecule has 0 saturated heterocycles. The summed E-state index contributed by atoms with van der Waals surface area (Å²) in [6.07, 6.45) is 23.0. The van der Waals surface area contributed by atoms with Crippen molar-refractivity contribution in [1.82, 2.24) is 0 Å². The first-order valence-electron chi connectivity index (χ1n) is 23.4. The van der Waals surface area contributed by atoms with E-state index in [1.165, 1.54) is 70.4 Å². The Bertz CT molecular complexity index is 2040. The van der Waals surface area contributed by atoms with Crippen molar-refractivity contribution in [1.29, 1.82) is 0 Å². The van der Waals surface area contributed by atoms with Gasteiger partial charge in [0.1, 0.15) is 0 Å². The van der Waals surface area contributed by atoms with Gasteiger partial charge in [-0.2, -0.15) is 0 Å². The summed E-state index contributed by atoms with van der Waals surface area (Å²) in [7, 11) is -5.13. The third-order valence-electron chi connectivity index (χ3n) is 13.1. The molecule has 7 aromatic rings. The van der Waals surface area contributed by atoms with Crippen molar-refractivity contribution in [3.05, 3.63) is 241 Å². The van der Waals surface area contributed by atoms with Crippen LogP contribution in [0.5, 0.6) is 0 Å². The molecule has 0 saturated carbocycles. The van der Waals surface area contributed by atoms with Crippen LogP contribution in [-0.4, -0.2) is 0 Å². The Hall–Kier alpha value is -5.12. The molecular weight excluding hydrogens is 783 g/mol. The number of benzene rings is 7. The molecule has 0 radical (unpaired) electrons. The van der Waals surface area contributed by atoms with E-state index in [0.29, 0.717) is 0 Å². The van der Waals surface area contributed by atoms with E-state index in [1.807, 2.05) is 0 Å². The van der Waals surface area contributed by atoms with Gasteiger partial charge >= 0.3 is 377 Å². The van der Waals surface area contributed by atoms with Crippen LogP contribution in [0.2, 0.25) is 0 Å². The van der Waals surface area contributed by atoms with Gasteiger partial charge in [-0.25, -0.2) is 0 Å². The van der Waals surface area contributed by atoms with E-state index in [2.05, 4.69) is 232 Å². The summed E-state index contributed by atoms with van der Waals surface area (Å²) >= 11 is 0. The summed E-state index contributed by atoms with van der Waals surface area (Å²) < 4.78 is 0. The topological polar surface area (TPSA) is 0 Å². The second-order valence-corrected chi connectivity index (χ2v) is 24.9. The van der Waals surface area contributed by atoms with Crippen LogP contribution in [0.15, 0.2) is 218 Å². The van der Waals surface area contributed by atoms with Gasteiger partial charge < -0.3 is 0 Å². The van der Waals surface area contributed by atoms with Crippen LogP contribution in [0.25, 0.3) is 0 Å². The van der Waals surface area contributed by atoms with Gasteiger partial charge in [-0.3, -0.25) is 0 Å². The van der Waals surface area contributed by atoms with Crippen LogP contribution >= 0.6 is 14.5 Å². The maximum absolute atomic E-state index is 2.74. The molecule has 0 aliphatic carbocycles. The Balaban J connectivity index is 1.45. The zero-order valence-corrected chi connectivity index (χ0v) is 39.3. The number of allylic oxidation sites excluding steroid dienone is 4. The Morgan fingerprint density at radius 1 is 0.306 bits per heavy atom. The van der Waals surface area contributed by atoms with E-state index < -0.39 is 14.5 Å². The molecule has 0 aromatic heterocycles. The summed E-state index contributed by atoms with van der Waals surface area (Å²) in [5.41, 5.74) is 6.22. The molecule has 7 aromatic carbocycles. The zero-order valence-electron chi connectivity index (χ0n) is 37.3. The molecule has 0 atom stereocenters. The van der Waals surface area contributed by atoms with Crippen molar-refractivity contribution in [2.24, 2.45) is 0 Å². The van der Waals surface area contributed by atoms with Crippen LogP contribution in [0.4, 0.5) is 0 Å². The van der Waals surface area contributed by atoms with Gasteiger partial charge in [-0.15, -0.1) is 0 Å². The quantitative estimate of drug-likeness (QED) is 0.0362. The Morgan fingerprint density at radius 2 is 0.565 bits per heavy atom. The fourth-order valence-corrected chi connectivity index (χ4v) is 19.5. The molecule has 0 unspecified atom stereocenters. The summed E-state index contributed by atoms with van der Waals surface area (Å²) in [6.45, 7) is 4.29. The minimum absolute atomic E-state index is 1.03. The molecule has 0 aliphatic heterocycles. The van der Waals surface area contributed by atoms with E-state index >= 15 is 0 Å². The molecule has 0 aliphatic rings. The van der Waals surface area contributed by atoms with Crippen LogP contribution in [0.1, 0.15) is 87.5 Å².